The summed E-state index contributed by atoms with van der Waals surface area (Å²) in [5, 5.41) is 0. The molecule has 0 N–H and O–H groups in total. The molecule has 0 saturated carbocycles. The summed E-state index contributed by atoms with van der Waals surface area (Å²) >= 11 is 0. The average Bonchev–Trinajstić information content (AvgIpc) is 2.22. The van der Waals surface area contributed by atoms with E-state index in [1.54, 1.807) is 5.47 Å². The molecule has 0 saturated heterocycles. The third kappa shape index (κ3) is 5.44. The van der Waals surface area contributed by atoms with Crippen LogP contribution in [0.1, 0.15) is 54.9 Å². The monoisotopic (exact) mass is 208 g/mol. The Bertz CT molecular complexity index is 201. The van der Waals surface area contributed by atoms with Gasteiger partial charge >= 0.3 is 0 Å². The molecule has 0 rings (SSSR count). The Hall–Kier alpha value is -0.195. The van der Waals surface area contributed by atoms with Gasteiger partial charge in [-0.25, -0.2) is 0 Å². The van der Waals surface area contributed by atoms with Crippen LogP contribution >= 0.6 is 0 Å². The van der Waals surface area contributed by atoms with Gasteiger partial charge in [0.1, 0.15) is 0 Å². The summed E-state index contributed by atoms with van der Waals surface area (Å²) in [6.45, 7) is 16.2. The van der Waals surface area contributed by atoms with Gasteiger partial charge in [0.2, 0.25) is 0 Å². The highest BCUT2D eigenvalue weighted by molar-refractivity contribution is 6.45. The standard InChI is InChI=1S/C14H29B/c1-8-11(4)13(6)12(5)9-15-14(7)10(2)3/h11-13,15H,8-9H2,1-7H3. The van der Waals surface area contributed by atoms with E-state index in [0.717, 1.165) is 17.8 Å². The predicted octanol–water partition coefficient (Wildman–Crippen LogP) is 4.47. The van der Waals surface area contributed by atoms with Crippen LogP contribution in [-0.4, -0.2) is 7.28 Å². The molecule has 15 heavy (non-hydrogen) atoms. The summed E-state index contributed by atoms with van der Waals surface area (Å²) in [5.74, 6) is 2.58. The van der Waals surface area contributed by atoms with Crippen molar-refractivity contribution in [3.05, 3.63) is 11.0 Å². The van der Waals surface area contributed by atoms with Crippen molar-refractivity contribution in [2.45, 2.75) is 61.2 Å². The largest absolute Gasteiger partial charge is 0.152 e. The van der Waals surface area contributed by atoms with Crippen molar-refractivity contribution in [1.82, 2.24) is 0 Å². The first kappa shape index (κ1) is 14.8. The van der Waals surface area contributed by atoms with Gasteiger partial charge in [-0.05, 0) is 31.6 Å². The predicted molar refractivity (Wildman–Crippen MR) is 73.8 cm³/mol. The number of allylic oxidation sites excluding steroid dienone is 2. The molecule has 3 atom stereocenters. The highest BCUT2D eigenvalue weighted by Gasteiger charge is 2.17. The van der Waals surface area contributed by atoms with Gasteiger partial charge in [-0.1, -0.05) is 52.9 Å². The Morgan fingerprint density at radius 3 is 1.93 bits per heavy atom. The van der Waals surface area contributed by atoms with Crippen LogP contribution in [0.25, 0.3) is 0 Å². The van der Waals surface area contributed by atoms with Gasteiger partial charge in [0.15, 0.2) is 7.28 Å². The number of hydrogen-bond acceptors (Lipinski definition) is 0. The molecule has 0 heterocycles. The molecule has 88 valence electrons. The van der Waals surface area contributed by atoms with Crippen LogP contribution < -0.4 is 0 Å². The van der Waals surface area contributed by atoms with Crippen LogP contribution in [0.5, 0.6) is 0 Å². The first-order chi connectivity index (χ1) is 6.90. The summed E-state index contributed by atoms with van der Waals surface area (Å²) < 4.78 is 0. The van der Waals surface area contributed by atoms with E-state index in [9.17, 15) is 0 Å². The van der Waals surface area contributed by atoms with Gasteiger partial charge in [-0.15, -0.1) is 5.47 Å². The topological polar surface area (TPSA) is 0 Å². The van der Waals surface area contributed by atoms with Gasteiger partial charge in [-0.2, -0.15) is 0 Å². The second kappa shape index (κ2) is 7.14. The van der Waals surface area contributed by atoms with Crippen molar-refractivity contribution < 1.29 is 0 Å². The van der Waals surface area contributed by atoms with Gasteiger partial charge in [0.05, 0.1) is 0 Å². The molecule has 0 fully saturated rings. The fraction of sp³-hybridized carbons (Fsp3) is 0.857. The Labute approximate surface area is 97.8 Å². The fourth-order valence-corrected chi connectivity index (χ4v) is 1.89. The van der Waals surface area contributed by atoms with Crippen LogP contribution in [0, 0.1) is 17.8 Å². The fourth-order valence-electron chi connectivity index (χ4n) is 1.89. The molecule has 1 heteroatoms. The Kier molecular flexibility index (Phi) is 7.05. The maximum absolute atomic E-state index is 2.41. The van der Waals surface area contributed by atoms with Crippen LogP contribution in [0.4, 0.5) is 0 Å². The number of rotatable bonds is 6. The lowest BCUT2D eigenvalue weighted by molar-refractivity contribution is 0.289. The normalized spacial score (nSPS) is 16.7. The second-order valence-electron chi connectivity index (χ2n) is 5.54. The number of hydrogen-bond donors (Lipinski definition) is 0. The van der Waals surface area contributed by atoms with E-state index in [2.05, 4.69) is 48.5 Å². The minimum absolute atomic E-state index is 0.856. The molecule has 0 aliphatic heterocycles. The lowest BCUT2D eigenvalue weighted by Crippen LogP contribution is -2.17. The Morgan fingerprint density at radius 2 is 1.53 bits per heavy atom. The molecule has 0 radical (unpaired) electrons. The molecule has 0 amide bonds. The zero-order chi connectivity index (χ0) is 12.0. The minimum Gasteiger partial charge on any atom is -0.110 e. The molecule has 0 aliphatic carbocycles. The van der Waals surface area contributed by atoms with E-state index < -0.39 is 0 Å². The van der Waals surface area contributed by atoms with Gasteiger partial charge in [0.25, 0.3) is 0 Å². The lowest BCUT2D eigenvalue weighted by atomic mass is 9.60. The van der Waals surface area contributed by atoms with Gasteiger partial charge in [-0.3, -0.25) is 0 Å². The summed E-state index contributed by atoms with van der Waals surface area (Å²) in [6.07, 6.45) is 2.66. The third-order valence-corrected chi connectivity index (χ3v) is 4.27. The third-order valence-electron chi connectivity index (χ3n) is 4.27. The molecule has 0 aliphatic rings. The maximum atomic E-state index is 2.41. The maximum Gasteiger partial charge on any atom is 0.152 e. The first-order valence-electron chi connectivity index (χ1n) is 6.53. The summed E-state index contributed by atoms with van der Waals surface area (Å²) in [7, 11) is 1.28. The van der Waals surface area contributed by atoms with Crippen molar-refractivity contribution in [1.29, 1.82) is 0 Å². The van der Waals surface area contributed by atoms with Crippen molar-refractivity contribution in [2.24, 2.45) is 17.8 Å². The highest BCUT2D eigenvalue weighted by atomic mass is 14.2. The lowest BCUT2D eigenvalue weighted by Gasteiger charge is -2.25. The Morgan fingerprint density at radius 1 is 1.00 bits per heavy atom. The first-order valence-corrected chi connectivity index (χ1v) is 6.53. The van der Waals surface area contributed by atoms with Gasteiger partial charge in [0, 0.05) is 0 Å². The molecular weight excluding hydrogens is 179 g/mol. The average molecular weight is 208 g/mol. The summed E-state index contributed by atoms with van der Waals surface area (Å²) in [6, 6.07) is 0. The minimum atomic E-state index is 0.856. The second-order valence-corrected chi connectivity index (χ2v) is 5.54. The molecule has 3 unspecified atom stereocenters. The van der Waals surface area contributed by atoms with E-state index in [1.165, 1.54) is 25.6 Å². The highest BCUT2D eigenvalue weighted by Crippen LogP contribution is 2.26. The van der Waals surface area contributed by atoms with Crippen LogP contribution in [0.15, 0.2) is 11.0 Å². The van der Waals surface area contributed by atoms with Crippen molar-refractivity contribution >= 4 is 7.28 Å². The van der Waals surface area contributed by atoms with Crippen LogP contribution in [-0.2, 0) is 0 Å². The van der Waals surface area contributed by atoms with Gasteiger partial charge < -0.3 is 0 Å². The van der Waals surface area contributed by atoms with E-state index in [4.69, 9.17) is 0 Å². The summed E-state index contributed by atoms with van der Waals surface area (Å²) in [4.78, 5) is 0. The molecular formula is C14H29B. The van der Waals surface area contributed by atoms with E-state index in [-0.39, 0.29) is 0 Å². The molecule has 0 bridgehead atoms. The van der Waals surface area contributed by atoms with E-state index >= 15 is 0 Å². The van der Waals surface area contributed by atoms with Crippen molar-refractivity contribution in [2.75, 3.05) is 0 Å². The molecule has 0 nitrogen and oxygen atoms in total. The van der Waals surface area contributed by atoms with Crippen LogP contribution in [0.3, 0.4) is 0 Å². The Balaban J connectivity index is 4.04. The molecule has 0 aromatic heterocycles. The zero-order valence-electron chi connectivity index (χ0n) is 11.9. The van der Waals surface area contributed by atoms with Crippen molar-refractivity contribution in [3.63, 3.8) is 0 Å². The summed E-state index contributed by atoms with van der Waals surface area (Å²) in [5.41, 5.74) is 3.08. The quantitative estimate of drug-likeness (QED) is 0.565. The molecule has 0 spiro atoms. The smallest absolute Gasteiger partial charge is 0.110 e. The van der Waals surface area contributed by atoms with Crippen molar-refractivity contribution in [3.8, 4) is 0 Å². The SMILES string of the molecule is CCC(C)C(C)C(C)CBC(C)=C(C)C. The van der Waals surface area contributed by atoms with Crippen LogP contribution in [0.2, 0.25) is 6.32 Å². The molecule has 0 aromatic rings. The van der Waals surface area contributed by atoms with E-state index in [1.807, 2.05) is 0 Å². The molecule has 0 aromatic carbocycles. The van der Waals surface area contributed by atoms with E-state index in [0.29, 0.717) is 0 Å². The zero-order valence-corrected chi connectivity index (χ0v) is 11.9.